The van der Waals surface area contributed by atoms with Gasteiger partial charge < -0.3 is 20.9 Å². The molecule has 2 aliphatic rings. The minimum atomic E-state index is -3.85. The summed E-state index contributed by atoms with van der Waals surface area (Å²) in [5.41, 5.74) is 3.79. The van der Waals surface area contributed by atoms with Crippen molar-refractivity contribution in [2.45, 2.75) is 41.5 Å². The molecule has 144 valence electrons. The summed E-state index contributed by atoms with van der Waals surface area (Å²) in [7, 11) is -2.36. The highest BCUT2D eigenvalue weighted by Gasteiger charge is 2.48. The molecule has 0 aromatic carbocycles. The molecule has 11 heteroatoms. The first-order valence-electron chi connectivity index (χ1n) is 8.17. The lowest BCUT2D eigenvalue weighted by molar-refractivity contribution is -0.125. The number of carbonyl (C=O) groups excluding carboxylic acids is 2. The van der Waals surface area contributed by atoms with Gasteiger partial charge in [0, 0.05) is 19.7 Å². The highest BCUT2D eigenvalue weighted by Crippen LogP contribution is 2.40. The highest BCUT2D eigenvalue weighted by atomic mass is 32.2. The number of nitrogens with zero attached hydrogens (tertiary/aromatic N) is 1. The lowest BCUT2D eigenvalue weighted by Crippen LogP contribution is -2.35. The molecule has 0 bridgehead atoms. The molecule has 2 amide bonds. The van der Waals surface area contributed by atoms with E-state index in [0.717, 1.165) is 24.2 Å². The number of rotatable bonds is 9. The van der Waals surface area contributed by atoms with Crippen LogP contribution in [-0.2, 0) is 19.6 Å². The number of nitrogens with two attached hydrogens (primary N) is 1. The van der Waals surface area contributed by atoms with Crippen molar-refractivity contribution >= 4 is 38.2 Å². The first-order valence-corrected chi connectivity index (χ1v) is 10.4. The van der Waals surface area contributed by atoms with Crippen LogP contribution >= 0.6 is 11.3 Å². The van der Waals surface area contributed by atoms with Crippen LogP contribution < -0.4 is 11.1 Å². The monoisotopic (exact) mass is 403 g/mol. The fourth-order valence-corrected chi connectivity index (χ4v) is 5.66. The van der Waals surface area contributed by atoms with Crippen molar-refractivity contribution in [2.24, 2.45) is 5.73 Å². The summed E-state index contributed by atoms with van der Waals surface area (Å²) in [4.78, 5) is 23.7. The highest BCUT2D eigenvalue weighted by molar-refractivity contribution is 7.91. The Balaban J connectivity index is 1.90. The van der Waals surface area contributed by atoms with E-state index in [2.05, 4.69) is 5.32 Å². The third kappa shape index (κ3) is 3.76. The molecule has 2 fully saturated rings. The van der Waals surface area contributed by atoms with Crippen LogP contribution in [0.3, 0.4) is 0 Å². The molecule has 2 saturated carbocycles. The SMILES string of the molecule is COCCN(C1CC1)S(=O)(=O)c1cc(C(N)=O)c(NC(=O)C2(O)CC2)s1. The van der Waals surface area contributed by atoms with Crippen molar-refractivity contribution in [3.8, 4) is 0 Å². The van der Waals surface area contributed by atoms with Crippen molar-refractivity contribution in [3.63, 3.8) is 0 Å². The lowest BCUT2D eigenvalue weighted by Gasteiger charge is -2.20. The number of hydrogen-bond acceptors (Lipinski definition) is 7. The molecular formula is C15H21N3O6S2. The Morgan fingerprint density at radius 1 is 1.46 bits per heavy atom. The zero-order valence-electron chi connectivity index (χ0n) is 14.2. The summed E-state index contributed by atoms with van der Waals surface area (Å²) in [6, 6.07) is 1.09. The molecule has 26 heavy (non-hydrogen) atoms. The van der Waals surface area contributed by atoms with Gasteiger partial charge in [0.25, 0.3) is 21.8 Å². The van der Waals surface area contributed by atoms with Gasteiger partial charge in [-0.1, -0.05) is 0 Å². The van der Waals surface area contributed by atoms with Crippen LogP contribution in [0.2, 0.25) is 0 Å². The number of amides is 2. The molecule has 2 aliphatic carbocycles. The largest absolute Gasteiger partial charge is 0.383 e. The van der Waals surface area contributed by atoms with E-state index in [1.165, 1.54) is 17.5 Å². The number of hydrogen-bond donors (Lipinski definition) is 3. The summed E-state index contributed by atoms with van der Waals surface area (Å²) in [6.07, 6.45) is 2.20. The third-order valence-corrected chi connectivity index (χ3v) is 7.83. The van der Waals surface area contributed by atoms with E-state index in [9.17, 15) is 23.1 Å². The normalized spacial score (nSPS) is 18.7. The summed E-state index contributed by atoms with van der Waals surface area (Å²) in [5, 5.41) is 12.3. The van der Waals surface area contributed by atoms with E-state index >= 15 is 0 Å². The molecule has 0 atom stereocenters. The fourth-order valence-electron chi connectivity index (χ4n) is 2.49. The van der Waals surface area contributed by atoms with Crippen LogP contribution in [0.15, 0.2) is 10.3 Å². The number of primary amides is 1. The molecule has 1 aromatic heterocycles. The van der Waals surface area contributed by atoms with Gasteiger partial charge in [-0.3, -0.25) is 9.59 Å². The maximum Gasteiger partial charge on any atom is 0.256 e. The Hall–Kier alpha value is -1.53. The lowest BCUT2D eigenvalue weighted by atomic mass is 10.3. The van der Waals surface area contributed by atoms with Gasteiger partial charge in [0.15, 0.2) is 0 Å². The zero-order chi connectivity index (χ0) is 19.1. The van der Waals surface area contributed by atoms with Gasteiger partial charge in [-0.15, -0.1) is 11.3 Å². The number of nitrogens with one attached hydrogen (secondary N) is 1. The second-order valence-corrected chi connectivity index (χ2v) is 9.67. The van der Waals surface area contributed by atoms with E-state index in [1.807, 2.05) is 0 Å². The summed E-state index contributed by atoms with van der Waals surface area (Å²) >= 11 is 0.760. The molecule has 0 radical (unpaired) electrons. The van der Waals surface area contributed by atoms with Crippen LogP contribution in [0.5, 0.6) is 0 Å². The first-order chi connectivity index (χ1) is 12.2. The molecular weight excluding hydrogens is 382 g/mol. The molecule has 0 saturated heterocycles. The van der Waals surface area contributed by atoms with Crippen LogP contribution in [0.1, 0.15) is 36.0 Å². The van der Waals surface area contributed by atoms with Crippen molar-refractivity contribution in [3.05, 3.63) is 11.6 Å². The maximum atomic E-state index is 13.0. The first kappa shape index (κ1) is 19.2. The van der Waals surface area contributed by atoms with Gasteiger partial charge in [-0.25, -0.2) is 8.42 Å². The average molecular weight is 403 g/mol. The molecule has 1 heterocycles. The molecule has 0 aliphatic heterocycles. The third-order valence-electron chi connectivity index (χ3n) is 4.38. The van der Waals surface area contributed by atoms with E-state index < -0.39 is 27.4 Å². The van der Waals surface area contributed by atoms with Crippen molar-refractivity contribution in [1.82, 2.24) is 4.31 Å². The Morgan fingerprint density at radius 2 is 2.12 bits per heavy atom. The number of sulfonamides is 1. The maximum absolute atomic E-state index is 13.0. The smallest absolute Gasteiger partial charge is 0.256 e. The summed E-state index contributed by atoms with van der Waals surface area (Å²) in [5.74, 6) is -1.51. The van der Waals surface area contributed by atoms with Crippen LogP contribution in [0.4, 0.5) is 5.00 Å². The Bertz CT molecular complexity index is 826. The molecule has 4 N–H and O–H groups in total. The van der Waals surface area contributed by atoms with Gasteiger partial charge in [0.1, 0.15) is 14.8 Å². The van der Waals surface area contributed by atoms with Crippen molar-refractivity contribution < 1.29 is 27.9 Å². The van der Waals surface area contributed by atoms with Crippen LogP contribution in [0, 0.1) is 0 Å². The van der Waals surface area contributed by atoms with Gasteiger partial charge in [0.2, 0.25) is 0 Å². The van der Waals surface area contributed by atoms with Crippen LogP contribution in [0.25, 0.3) is 0 Å². The van der Waals surface area contributed by atoms with Crippen molar-refractivity contribution in [1.29, 1.82) is 0 Å². The van der Waals surface area contributed by atoms with Crippen LogP contribution in [-0.4, -0.2) is 61.5 Å². The number of carbonyl (C=O) groups is 2. The number of thiophene rings is 1. The Labute approximate surface area is 155 Å². The standard InChI is InChI=1S/C15H21N3O6S2/c1-24-7-6-18(9-2-3-9)26(22,23)11-8-10(12(16)19)13(25-11)17-14(20)15(21)4-5-15/h8-9,21H,2-7H2,1H3,(H2,16,19)(H,17,20). The van der Waals surface area contributed by atoms with E-state index in [4.69, 9.17) is 10.5 Å². The Kier molecular flexibility index (Phi) is 5.10. The molecule has 1 aromatic rings. The number of ether oxygens (including phenoxy) is 1. The van der Waals surface area contributed by atoms with Gasteiger partial charge >= 0.3 is 0 Å². The minimum absolute atomic E-state index is 0.0314. The molecule has 0 spiro atoms. The topological polar surface area (TPSA) is 139 Å². The van der Waals surface area contributed by atoms with Gasteiger partial charge in [0.05, 0.1) is 12.2 Å². The minimum Gasteiger partial charge on any atom is -0.383 e. The average Bonchev–Trinajstić information content (AvgIpc) is 3.48. The Morgan fingerprint density at radius 3 is 2.62 bits per heavy atom. The number of methoxy groups -OCH3 is 1. The summed E-state index contributed by atoms with van der Waals surface area (Å²) < 4.78 is 32.2. The second kappa shape index (κ2) is 6.89. The second-order valence-electron chi connectivity index (χ2n) is 6.50. The number of aliphatic hydroxyl groups is 1. The van der Waals surface area contributed by atoms with Gasteiger partial charge in [-0.05, 0) is 31.7 Å². The quantitative estimate of drug-likeness (QED) is 0.535. The molecule has 3 rings (SSSR count). The fraction of sp³-hybridized carbons (Fsp3) is 0.600. The van der Waals surface area contributed by atoms with E-state index in [0.29, 0.717) is 12.8 Å². The zero-order valence-corrected chi connectivity index (χ0v) is 15.9. The number of anilines is 1. The molecule has 9 nitrogen and oxygen atoms in total. The van der Waals surface area contributed by atoms with E-state index in [-0.39, 0.29) is 34.0 Å². The van der Waals surface area contributed by atoms with E-state index in [1.54, 1.807) is 0 Å². The van der Waals surface area contributed by atoms with Gasteiger partial charge in [-0.2, -0.15) is 4.31 Å². The van der Waals surface area contributed by atoms with Crippen molar-refractivity contribution in [2.75, 3.05) is 25.6 Å². The predicted molar refractivity (Wildman–Crippen MR) is 94.4 cm³/mol. The molecule has 0 unspecified atom stereocenters. The predicted octanol–water partition coefficient (Wildman–Crippen LogP) is 0.110. The summed E-state index contributed by atoms with van der Waals surface area (Å²) in [6.45, 7) is 0.454.